The number of piperidine rings is 1. The summed E-state index contributed by atoms with van der Waals surface area (Å²) in [5.41, 5.74) is 1.01. The second kappa shape index (κ2) is 5.43. The van der Waals surface area contributed by atoms with Crippen LogP contribution in [0.25, 0.3) is 0 Å². The number of rotatable bonds is 3. The number of aryl methyl sites for hydroxylation is 1. The number of ketones is 1. The molecule has 0 saturated carbocycles. The molecule has 0 aromatic heterocycles. The lowest BCUT2D eigenvalue weighted by molar-refractivity contribution is -0.121. The SMILES string of the molecule is CC(=O)C1CCCCN1S(=O)(=O)c1ccc(C)cc1. The Morgan fingerprint density at radius 1 is 1.21 bits per heavy atom. The summed E-state index contributed by atoms with van der Waals surface area (Å²) in [4.78, 5) is 11.9. The summed E-state index contributed by atoms with van der Waals surface area (Å²) in [5, 5.41) is 0. The van der Waals surface area contributed by atoms with Gasteiger partial charge in [-0.15, -0.1) is 0 Å². The van der Waals surface area contributed by atoms with Gasteiger partial charge in [-0.2, -0.15) is 4.31 Å². The molecule has 0 N–H and O–H groups in total. The van der Waals surface area contributed by atoms with Crippen molar-refractivity contribution in [2.24, 2.45) is 0 Å². The largest absolute Gasteiger partial charge is 0.298 e. The smallest absolute Gasteiger partial charge is 0.243 e. The molecule has 1 saturated heterocycles. The summed E-state index contributed by atoms with van der Waals surface area (Å²) < 4.78 is 26.5. The molecule has 1 heterocycles. The van der Waals surface area contributed by atoms with Gasteiger partial charge in [-0.1, -0.05) is 24.1 Å². The van der Waals surface area contributed by atoms with E-state index in [0.29, 0.717) is 13.0 Å². The normalized spacial score (nSPS) is 21.3. The minimum atomic E-state index is -3.56. The van der Waals surface area contributed by atoms with Crippen molar-refractivity contribution in [1.29, 1.82) is 0 Å². The summed E-state index contributed by atoms with van der Waals surface area (Å²) in [6.07, 6.45) is 2.35. The van der Waals surface area contributed by atoms with Gasteiger partial charge in [0, 0.05) is 6.54 Å². The van der Waals surface area contributed by atoms with Crippen LogP contribution in [-0.4, -0.2) is 31.1 Å². The van der Waals surface area contributed by atoms with Crippen molar-refractivity contribution >= 4 is 15.8 Å². The van der Waals surface area contributed by atoms with Gasteiger partial charge in [0.1, 0.15) is 5.78 Å². The van der Waals surface area contributed by atoms with E-state index >= 15 is 0 Å². The van der Waals surface area contributed by atoms with Crippen molar-refractivity contribution in [3.63, 3.8) is 0 Å². The average molecular weight is 281 g/mol. The lowest BCUT2D eigenvalue weighted by Gasteiger charge is -2.33. The number of Topliss-reactive ketones (excluding diaryl/α,β-unsaturated/α-hetero) is 1. The monoisotopic (exact) mass is 281 g/mol. The maximum absolute atomic E-state index is 12.6. The zero-order valence-electron chi connectivity index (χ0n) is 11.3. The van der Waals surface area contributed by atoms with E-state index in [2.05, 4.69) is 0 Å². The second-order valence-electron chi connectivity index (χ2n) is 5.05. The fourth-order valence-corrected chi connectivity index (χ4v) is 4.15. The number of carbonyl (C=O) groups is 1. The summed E-state index contributed by atoms with van der Waals surface area (Å²) in [6.45, 7) is 3.81. The fraction of sp³-hybridized carbons (Fsp3) is 0.500. The summed E-state index contributed by atoms with van der Waals surface area (Å²) in [5.74, 6) is -0.0737. The predicted molar refractivity (Wildman–Crippen MR) is 73.4 cm³/mol. The van der Waals surface area contributed by atoms with E-state index < -0.39 is 16.1 Å². The van der Waals surface area contributed by atoms with Gasteiger partial charge in [-0.25, -0.2) is 8.42 Å². The Balaban J connectivity index is 2.37. The topological polar surface area (TPSA) is 54.5 Å². The molecule has 104 valence electrons. The first-order chi connectivity index (χ1) is 8.93. The molecule has 1 atom stereocenters. The van der Waals surface area contributed by atoms with Gasteiger partial charge in [0.05, 0.1) is 10.9 Å². The molecule has 4 nitrogen and oxygen atoms in total. The third-order valence-corrected chi connectivity index (χ3v) is 5.47. The van der Waals surface area contributed by atoms with Crippen LogP contribution in [0.1, 0.15) is 31.7 Å². The quantitative estimate of drug-likeness (QED) is 0.853. The molecule has 0 aliphatic carbocycles. The van der Waals surface area contributed by atoms with Crippen molar-refractivity contribution in [2.75, 3.05) is 6.54 Å². The summed E-state index contributed by atoms with van der Waals surface area (Å²) in [7, 11) is -3.56. The Labute approximate surface area is 114 Å². The Bertz CT molecular complexity index is 563. The molecule has 2 rings (SSSR count). The van der Waals surface area contributed by atoms with Crippen LogP contribution < -0.4 is 0 Å². The lowest BCUT2D eigenvalue weighted by Crippen LogP contribution is -2.47. The molecular weight excluding hydrogens is 262 g/mol. The maximum Gasteiger partial charge on any atom is 0.243 e. The highest BCUT2D eigenvalue weighted by molar-refractivity contribution is 7.89. The van der Waals surface area contributed by atoms with E-state index in [1.165, 1.54) is 11.2 Å². The van der Waals surface area contributed by atoms with Crippen molar-refractivity contribution in [3.05, 3.63) is 29.8 Å². The van der Waals surface area contributed by atoms with Gasteiger partial charge in [0.2, 0.25) is 10.0 Å². The van der Waals surface area contributed by atoms with Gasteiger partial charge in [0.15, 0.2) is 0 Å². The van der Waals surface area contributed by atoms with E-state index in [0.717, 1.165) is 18.4 Å². The number of hydrogen-bond acceptors (Lipinski definition) is 3. The van der Waals surface area contributed by atoms with Crippen molar-refractivity contribution in [2.45, 2.75) is 44.0 Å². The van der Waals surface area contributed by atoms with Gasteiger partial charge in [0.25, 0.3) is 0 Å². The molecule has 0 radical (unpaired) electrons. The molecule has 0 amide bonds. The molecule has 1 aliphatic heterocycles. The third kappa shape index (κ3) is 2.87. The van der Waals surface area contributed by atoms with Gasteiger partial charge < -0.3 is 0 Å². The highest BCUT2D eigenvalue weighted by Crippen LogP contribution is 2.25. The Morgan fingerprint density at radius 2 is 1.84 bits per heavy atom. The van der Waals surface area contributed by atoms with Crippen LogP contribution in [0.5, 0.6) is 0 Å². The average Bonchev–Trinajstić information content (AvgIpc) is 2.39. The third-order valence-electron chi connectivity index (χ3n) is 3.55. The Morgan fingerprint density at radius 3 is 2.42 bits per heavy atom. The van der Waals surface area contributed by atoms with E-state index in [1.54, 1.807) is 24.3 Å². The first-order valence-corrected chi connectivity index (χ1v) is 7.96. The Hall–Kier alpha value is -1.20. The van der Waals surface area contributed by atoms with Crippen LogP contribution in [0.3, 0.4) is 0 Å². The first-order valence-electron chi connectivity index (χ1n) is 6.52. The van der Waals surface area contributed by atoms with Crippen LogP contribution in [-0.2, 0) is 14.8 Å². The Kier molecular flexibility index (Phi) is 4.06. The zero-order valence-corrected chi connectivity index (χ0v) is 12.1. The van der Waals surface area contributed by atoms with Crippen LogP contribution >= 0.6 is 0 Å². The minimum Gasteiger partial charge on any atom is -0.298 e. The maximum atomic E-state index is 12.6. The minimum absolute atomic E-state index is 0.0737. The van der Waals surface area contributed by atoms with E-state index in [9.17, 15) is 13.2 Å². The highest BCUT2D eigenvalue weighted by atomic mass is 32.2. The summed E-state index contributed by atoms with van der Waals surface area (Å²) >= 11 is 0. The molecule has 1 fully saturated rings. The fourth-order valence-electron chi connectivity index (χ4n) is 2.44. The van der Waals surface area contributed by atoms with Crippen molar-refractivity contribution < 1.29 is 13.2 Å². The molecule has 1 aromatic carbocycles. The van der Waals surface area contributed by atoms with Gasteiger partial charge in [-0.05, 0) is 38.8 Å². The molecule has 1 unspecified atom stereocenters. The van der Waals surface area contributed by atoms with E-state index in [-0.39, 0.29) is 10.7 Å². The van der Waals surface area contributed by atoms with Gasteiger partial charge in [-0.3, -0.25) is 4.79 Å². The van der Waals surface area contributed by atoms with Gasteiger partial charge >= 0.3 is 0 Å². The molecule has 1 aliphatic rings. The number of benzene rings is 1. The highest BCUT2D eigenvalue weighted by Gasteiger charge is 2.35. The standard InChI is InChI=1S/C14H19NO3S/c1-11-6-8-13(9-7-11)19(17,18)15-10-4-3-5-14(15)12(2)16/h6-9,14H,3-5,10H2,1-2H3. The molecule has 19 heavy (non-hydrogen) atoms. The molecule has 1 aromatic rings. The number of hydrogen-bond donors (Lipinski definition) is 0. The lowest BCUT2D eigenvalue weighted by atomic mass is 10.0. The van der Waals surface area contributed by atoms with Crippen molar-refractivity contribution in [3.8, 4) is 0 Å². The zero-order chi connectivity index (χ0) is 14.0. The number of nitrogens with zero attached hydrogens (tertiary/aromatic N) is 1. The second-order valence-corrected chi connectivity index (χ2v) is 6.94. The molecule has 0 spiro atoms. The molecule has 5 heteroatoms. The first kappa shape index (κ1) is 14.2. The van der Waals surface area contributed by atoms with E-state index in [4.69, 9.17) is 0 Å². The van der Waals surface area contributed by atoms with Crippen LogP contribution in [0.15, 0.2) is 29.2 Å². The molecule has 0 bridgehead atoms. The van der Waals surface area contributed by atoms with Crippen LogP contribution in [0.2, 0.25) is 0 Å². The summed E-state index contributed by atoms with van der Waals surface area (Å²) in [6, 6.07) is 6.27. The van der Waals surface area contributed by atoms with Crippen LogP contribution in [0, 0.1) is 6.92 Å². The van der Waals surface area contributed by atoms with Crippen molar-refractivity contribution in [1.82, 2.24) is 4.31 Å². The van der Waals surface area contributed by atoms with Crippen LogP contribution in [0.4, 0.5) is 0 Å². The number of carbonyl (C=O) groups excluding carboxylic acids is 1. The van der Waals surface area contributed by atoms with E-state index in [1.807, 2.05) is 6.92 Å². The predicted octanol–water partition coefficient (Wildman–Crippen LogP) is 2.13. The molecular formula is C14H19NO3S. The number of sulfonamides is 1.